The van der Waals surface area contributed by atoms with Crippen LogP contribution >= 0.6 is 0 Å². The third kappa shape index (κ3) is 7.07. The number of pyridine rings is 1. The van der Waals surface area contributed by atoms with Gasteiger partial charge in [0, 0.05) is 24.9 Å². The van der Waals surface area contributed by atoms with E-state index in [-0.39, 0.29) is 6.54 Å². The lowest BCUT2D eigenvalue weighted by molar-refractivity contribution is -0.142. The Morgan fingerprint density at radius 1 is 0.970 bits per heavy atom. The first-order valence-electron chi connectivity index (χ1n) is 10.9. The van der Waals surface area contributed by atoms with Gasteiger partial charge in [0.25, 0.3) is 0 Å². The topological polar surface area (TPSA) is 89.0 Å². The lowest BCUT2D eigenvalue weighted by atomic mass is 10.2. The Morgan fingerprint density at radius 3 is 2.27 bits per heavy atom. The van der Waals surface area contributed by atoms with Gasteiger partial charge >= 0.3 is 12.1 Å². The minimum absolute atomic E-state index is 0.0904. The Hall–Kier alpha value is -3.87. The van der Waals surface area contributed by atoms with Crippen molar-refractivity contribution in [1.29, 1.82) is 0 Å². The molecule has 1 N–H and O–H groups in total. The van der Waals surface area contributed by atoms with Crippen molar-refractivity contribution >= 4 is 12.1 Å². The number of carboxylic acid groups (broad SMARTS) is 1. The number of hydrogen-bond acceptors (Lipinski definition) is 5. The number of aryl methyl sites for hydroxylation is 1. The molecular weight excluding hydrogens is 420 g/mol. The molecule has 1 heterocycles. The second-order valence-electron chi connectivity index (χ2n) is 7.58. The number of benzene rings is 2. The molecule has 1 atom stereocenters. The molecule has 0 unspecified atom stereocenters. The van der Waals surface area contributed by atoms with Gasteiger partial charge in [-0.1, -0.05) is 43.3 Å². The summed E-state index contributed by atoms with van der Waals surface area (Å²) in [5.74, 6) is -0.0678. The molecule has 7 nitrogen and oxygen atoms in total. The highest BCUT2D eigenvalue weighted by atomic mass is 16.6. The minimum Gasteiger partial charge on any atom is -0.493 e. The van der Waals surface area contributed by atoms with Crippen molar-refractivity contribution in [3.63, 3.8) is 0 Å². The molecule has 0 saturated carbocycles. The Bertz CT molecular complexity index is 1040. The molecule has 3 aromatic rings. The van der Waals surface area contributed by atoms with Gasteiger partial charge in [0.05, 0.1) is 6.61 Å². The standard InChI is InChI=1S/C26H28N2O5/c1-3-20-9-12-22(27-17-20)15-16-32-23-13-10-21(11-14-23)18-28(19(2)25(29)30)26(31)33-24-7-5-4-6-8-24/h4-14,17,19H,3,15-16,18H2,1-2H3,(H,29,30)/t19-/m0/s1. The molecule has 0 saturated heterocycles. The van der Waals surface area contributed by atoms with E-state index in [0.29, 0.717) is 24.5 Å². The van der Waals surface area contributed by atoms with Crippen LogP contribution in [-0.2, 0) is 24.2 Å². The summed E-state index contributed by atoms with van der Waals surface area (Å²) in [6.45, 7) is 4.13. The maximum atomic E-state index is 12.7. The van der Waals surface area contributed by atoms with Gasteiger partial charge in [0.1, 0.15) is 17.5 Å². The molecule has 0 bridgehead atoms. The lowest BCUT2D eigenvalue weighted by Crippen LogP contribution is -2.44. The summed E-state index contributed by atoms with van der Waals surface area (Å²) in [7, 11) is 0. The number of nitrogens with zero attached hydrogens (tertiary/aromatic N) is 2. The van der Waals surface area contributed by atoms with E-state index in [1.165, 1.54) is 17.4 Å². The van der Waals surface area contributed by atoms with E-state index in [4.69, 9.17) is 9.47 Å². The second-order valence-corrected chi connectivity index (χ2v) is 7.58. The van der Waals surface area contributed by atoms with Gasteiger partial charge in [-0.25, -0.2) is 9.59 Å². The number of hydrogen-bond donors (Lipinski definition) is 1. The molecule has 1 aromatic heterocycles. The van der Waals surface area contributed by atoms with E-state index in [2.05, 4.69) is 18.0 Å². The highest BCUT2D eigenvalue weighted by Crippen LogP contribution is 2.18. The summed E-state index contributed by atoms with van der Waals surface area (Å²) < 4.78 is 11.1. The first-order valence-corrected chi connectivity index (χ1v) is 10.9. The SMILES string of the molecule is CCc1ccc(CCOc2ccc(CN(C(=O)Oc3ccccc3)[C@@H](C)C(=O)O)cc2)nc1. The number of carbonyl (C=O) groups excluding carboxylic acids is 1. The van der Waals surface area contributed by atoms with Crippen LogP contribution in [0.5, 0.6) is 11.5 Å². The van der Waals surface area contributed by atoms with Gasteiger partial charge in [0.2, 0.25) is 0 Å². The Kier molecular flexibility index (Phi) is 8.41. The van der Waals surface area contributed by atoms with Gasteiger partial charge in [-0.15, -0.1) is 0 Å². The molecule has 0 fully saturated rings. The number of carboxylic acids is 1. The fraction of sp³-hybridized carbons (Fsp3) is 0.269. The van der Waals surface area contributed by atoms with Crippen molar-refractivity contribution < 1.29 is 24.2 Å². The number of amides is 1. The zero-order valence-corrected chi connectivity index (χ0v) is 18.8. The third-order valence-electron chi connectivity index (χ3n) is 5.21. The Balaban J connectivity index is 1.58. The highest BCUT2D eigenvalue weighted by molar-refractivity contribution is 5.80. The number of ether oxygens (including phenoxy) is 2. The van der Waals surface area contributed by atoms with Crippen LogP contribution in [0.3, 0.4) is 0 Å². The molecule has 0 spiro atoms. The van der Waals surface area contributed by atoms with Crippen LogP contribution in [0, 0.1) is 0 Å². The molecule has 0 aliphatic carbocycles. The second kappa shape index (κ2) is 11.7. The molecule has 2 aromatic carbocycles. The smallest absolute Gasteiger partial charge is 0.416 e. The molecule has 172 valence electrons. The first-order chi connectivity index (χ1) is 16.0. The quantitative estimate of drug-likeness (QED) is 0.482. The van der Waals surface area contributed by atoms with Gasteiger partial charge in [-0.3, -0.25) is 9.88 Å². The van der Waals surface area contributed by atoms with Gasteiger partial charge < -0.3 is 14.6 Å². The van der Waals surface area contributed by atoms with Crippen LogP contribution in [-0.4, -0.2) is 39.7 Å². The highest BCUT2D eigenvalue weighted by Gasteiger charge is 2.27. The molecule has 0 aliphatic heterocycles. The number of rotatable bonds is 10. The Morgan fingerprint density at radius 2 is 1.67 bits per heavy atom. The maximum Gasteiger partial charge on any atom is 0.416 e. The van der Waals surface area contributed by atoms with Crippen molar-refractivity contribution in [3.8, 4) is 11.5 Å². The van der Waals surface area contributed by atoms with Gasteiger partial charge in [-0.05, 0) is 54.8 Å². The van der Waals surface area contributed by atoms with Crippen molar-refractivity contribution in [2.75, 3.05) is 6.61 Å². The van der Waals surface area contributed by atoms with E-state index in [9.17, 15) is 14.7 Å². The van der Waals surface area contributed by atoms with Crippen LogP contribution in [0.1, 0.15) is 30.7 Å². The molecule has 0 radical (unpaired) electrons. The first kappa shape index (κ1) is 23.8. The fourth-order valence-corrected chi connectivity index (χ4v) is 3.11. The van der Waals surface area contributed by atoms with E-state index >= 15 is 0 Å². The average molecular weight is 449 g/mol. The van der Waals surface area contributed by atoms with Crippen molar-refractivity contribution in [1.82, 2.24) is 9.88 Å². The summed E-state index contributed by atoms with van der Waals surface area (Å²) in [5.41, 5.74) is 2.94. The zero-order chi connectivity index (χ0) is 23.6. The van der Waals surface area contributed by atoms with E-state index in [1.54, 1.807) is 54.6 Å². The maximum absolute atomic E-state index is 12.7. The predicted octanol–water partition coefficient (Wildman–Crippen LogP) is 4.74. The Labute approximate surface area is 193 Å². The van der Waals surface area contributed by atoms with Crippen LogP contribution in [0.4, 0.5) is 4.79 Å². The van der Waals surface area contributed by atoms with E-state index < -0.39 is 18.1 Å². The lowest BCUT2D eigenvalue weighted by Gasteiger charge is -2.25. The third-order valence-corrected chi connectivity index (χ3v) is 5.21. The summed E-state index contributed by atoms with van der Waals surface area (Å²) in [6, 6.07) is 18.8. The van der Waals surface area contributed by atoms with E-state index in [1.807, 2.05) is 12.3 Å². The summed E-state index contributed by atoms with van der Waals surface area (Å²) in [4.78, 5) is 29.8. The van der Waals surface area contributed by atoms with Gasteiger partial charge in [0.15, 0.2) is 0 Å². The van der Waals surface area contributed by atoms with Crippen LogP contribution in [0.25, 0.3) is 0 Å². The molecule has 7 heteroatoms. The van der Waals surface area contributed by atoms with Crippen LogP contribution < -0.4 is 9.47 Å². The predicted molar refractivity (Wildman–Crippen MR) is 124 cm³/mol. The van der Waals surface area contributed by atoms with Crippen molar-refractivity contribution in [3.05, 3.63) is 89.7 Å². The number of para-hydroxylation sites is 1. The minimum atomic E-state index is -1.11. The van der Waals surface area contributed by atoms with E-state index in [0.717, 1.165) is 17.7 Å². The molecule has 1 amide bonds. The van der Waals surface area contributed by atoms with Crippen molar-refractivity contribution in [2.45, 2.75) is 39.3 Å². The molecule has 3 rings (SSSR count). The molecular formula is C26H28N2O5. The normalized spacial score (nSPS) is 11.5. The van der Waals surface area contributed by atoms with Crippen LogP contribution in [0.2, 0.25) is 0 Å². The molecule has 0 aliphatic rings. The number of aromatic nitrogens is 1. The largest absolute Gasteiger partial charge is 0.493 e. The average Bonchev–Trinajstić information content (AvgIpc) is 2.84. The molecule has 33 heavy (non-hydrogen) atoms. The van der Waals surface area contributed by atoms with Crippen molar-refractivity contribution in [2.24, 2.45) is 0 Å². The fourth-order valence-electron chi connectivity index (χ4n) is 3.11. The summed E-state index contributed by atoms with van der Waals surface area (Å²) in [6.07, 6.45) is 2.82. The number of aliphatic carboxylic acids is 1. The number of carbonyl (C=O) groups is 2. The summed E-state index contributed by atoms with van der Waals surface area (Å²) >= 11 is 0. The summed E-state index contributed by atoms with van der Waals surface area (Å²) in [5, 5.41) is 9.44. The van der Waals surface area contributed by atoms with Gasteiger partial charge in [-0.2, -0.15) is 0 Å². The zero-order valence-electron chi connectivity index (χ0n) is 18.8. The van der Waals surface area contributed by atoms with Crippen LogP contribution in [0.15, 0.2) is 72.9 Å². The monoisotopic (exact) mass is 448 g/mol.